The van der Waals surface area contributed by atoms with Crippen molar-refractivity contribution in [2.24, 2.45) is 16.7 Å². The fraction of sp³-hybridized carbons (Fsp3) is 0.600. The van der Waals surface area contributed by atoms with Gasteiger partial charge in [0.1, 0.15) is 11.9 Å². The molecule has 90 valence electrons. The zero-order valence-corrected chi connectivity index (χ0v) is 10.6. The van der Waals surface area contributed by atoms with Gasteiger partial charge in [0.2, 0.25) is 0 Å². The molecule has 5 unspecified atom stereocenters. The van der Waals surface area contributed by atoms with Gasteiger partial charge in [-0.15, -0.1) is 0 Å². The lowest BCUT2D eigenvalue weighted by Gasteiger charge is -2.51. The molecule has 2 nitrogen and oxygen atoms in total. The molecule has 2 fully saturated rings. The SMILES string of the molecule is C=C1c2ccoc2C2OC3CC1(C)C2(C)C3C. The zero-order valence-electron chi connectivity index (χ0n) is 10.6. The Hall–Kier alpha value is -1.02. The summed E-state index contributed by atoms with van der Waals surface area (Å²) >= 11 is 0. The molecule has 2 bridgehead atoms. The van der Waals surface area contributed by atoms with Crippen molar-refractivity contribution in [1.82, 2.24) is 0 Å². The lowest BCUT2D eigenvalue weighted by atomic mass is 9.54. The van der Waals surface area contributed by atoms with Crippen LogP contribution >= 0.6 is 0 Å². The third-order valence-corrected chi connectivity index (χ3v) is 6.08. The van der Waals surface area contributed by atoms with Gasteiger partial charge in [-0.3, -0.25) is 0 Å². The first-order valence-electron chi connectivity index (χ1n) is 6.43. The standard InChI is InChI=1S/C15H18O2/c1-8-10-5-6-16-12(10)13-15(4)9(2)11(17-13)7-14(8,15)3/h5-6,9,11,13H,1,7H2,2-4H3. The summed E-state index contributed by atoms with van der Waals surface area (Å²) in [5.74, 6) is 1.58. The Bertz CT molecular complexity index is 529. The molecule has 4 rings (SSSR count). The van der Waals surface area contributed by atoms with Crippen LogP contribution in [-0.4, -0.2) is 6.10 Å². The van der Waals surface area contributed by atoms with Crippen molar-refractivity contribution in [3.63, 3.8) is 0 Å². The third-order valence-electron chi connectivity index (χ3n) is 6.08. The fourth-order valence-electron chi connectivity index (χ4n) is 4.55. The molecule has 1 aromatic heterocycles. The van der Waals surface area contributed by atoms with Gasteiger partial charge in [0.25, 0.3) is 0 Å². The van der Waals surface area contributed by atoms with E-state index in [0.717, 1.165) is 12.2 Å². The largest absolute Gasteiger partial charge is 0.466 e. The first kappa shape index (κ1) is 9.95. The molecule has 5 atom stereocenters. The number of fused-ring (bicyclic) bond motifs is 3. The molecule has 0 N–H and O–H groups in total. The van der Waals surface area contributed by atoms with Gasteiger partial charge in [-0.1, -0.05) is 27.4 Å². The van der Waals surface area contributed by atoms with Crippen LogP contribution in [0.1, 0.15) is 44.6 Å². The molecular formula is C15H18O2. The number of hydrogen-bond donors (Lipinski definition) is 0. The predicted octanol–water partition coefficient (Wildman–Crippen LogP) is 3.80. The van der Waals surface area contributed by atoms with Gasteiger partial charge in [0.05, 0.1) is 12.4 Å². The second-order valence-electron chi connectivity index (χ2n) is 6.34. The quantitative estimate of drug-likeness (QED) is 0.676. The van der Waals surface area contributed by atoms with Gasteiger partial charge < -0.3 is 9.15 Å². The predicted molar refractivity (Wildman–Crippen MR) is 65.4 cm³/mol. The summed E-state index contributed by atoms with van der Waals surface area (Å²) in [5, 5.41) is 0. The third kappa shape index (κ3) is 0.777. The van der Waals surface area contributed by atoms with E-state index in [-0.39, 0.29) is 16.9 Å². The van der Waals surface area contributed by atoms with Gasteiger partial charge in [0, 0.05) is 16.4 Å². The molecule has 1 saturated heterocycles. The molecule has 2 heterocycles. The minimum atomic E-state index is 0.122. The smallest absolute Gasteiger partial charge is 0.140 e. The van der Waals surface area contributed by atoms with E-state index in [1.807, 2.05) is 6.07 Å². The van der Waals surface area contributed by atoms with Gasteiger partial charge in [-0.2, -0.15) is 0 Å². The second kappa shape index (κ2) is 2.54. The van der Waals surface area contributed by atoms with E-state index in [0.29, 0.717) is 12.0 Å². The van der Waals surface area contributed by atoms with Crippen molar-refractivity contribution in [3.8, 4) is 0 Å². The minimum Gasteiger partial charge on any atom is -0.466 e. The van der Waals surface area contributed by atoms with Gasteiger partial charge in [-0.05, 0) is 24.0 Å². The molecule has 17 heavy (non-hydrogen) atoms. The number of hydrogen-bond acceptors (Lipinski definition) is 2. The molecule has 1 aromatic rings. The van der Waals surface area contributed by atoms with E-state index in [1.54, 1.807) is 6.26 Å². The van der Waals surface area contributed by atoms with Crippen LogP contribution in [0.15, 0.2) is 23.3 Å². The number of ether oxygens (including phenoxy) is 1. The summed E-state index contributed by atoms with van der Waals surface area (Å²) < 4.78 is 11.9. The fourth-order valence-corrected chi connectivity index (χ4v) is 4.55. The van der Waals surface area contributed by atoms with Gasteiger partial charge in [-0.25, -0.2) is 0 Å². The molecular weight excluding hydrogens is 212 g/mol. The molecule has 2 aliphatic carbocycles. The van der Waals surface area contributed by atoms with E-state index in [4.69, 9.17) is 9.15 Å². The molecule has 0 aromatic carbocycles. The summed E-state index contributed by atoms with van der Waals surface area (Å²) in [4.78, 5) is 0. The van der Waals surface area contributed by atoms with Crippen LogP contribution in [0.25, 0.3) is 5.57 Å². The van der Waals surface area contributed by atoms with Gasteiger partial charge >= 0.3 is 0 Å². The van der Waals surface area contributed by atoms with Crippen molar-refractivity contribution >= 4 is 5.57 Å². The Kier molecular flexibility index (Phi) is 1.48. The number of furan rings is 1. The monoisotopic (exact) mass is 230 g/mol. The molecule has 0 amide bonds. The van der Waals surface area contributed by atoms with Crippen molar-refractivity contribution in [2.45, 2.75) is 39.4 Å². The summed E-state index contributed by atoms with van der Waals surface area (Å²) in [5.41, 5.74) is 2.73. The number of rotatable bonds is 0. The normalized spacial score (nSPS) is 50.8. The summed E-state index contributed by atoms with van der Waals surface area (Å²) in [6.45, 7) is 11.4. The Morgan fingerprint density at radius 2 is 2.18 bits per heavy atom. The highest BCUT2D eigenvalue weighted by Gasteiger charge is 2.71. The first-order valence-corrected chi connectivity index (χ1v) is 6.43. The summed E-state index contributed by atoms with van der Waals surface area (Å²) in [6, 6.07) is 2.04. The molecule has 0 spiro atoms. The maximum atomic E-state index is 6.21. The van der Waals surface area contributed by atoms with Crippen molar-refractivity contribution in [3.05, 3.63) is 30.2 Å². The van der Waals surface area contributed by atoms with Crippen LogP contribution in [0.2, 0.25) is 0 Å². The first-order chi connectivity index (χ1) is 8.00. The van der Waals surface area contributed by atoms with E-state index in [9.17, 15) is 0 Å². The molecule has 0 radical (unpaired) electrons. The molecule has 2 heteroatoms. The van der Waals surface area contributed by atoms with Crippen molar-refractivity contribution in [2.75, 3.05) is 0 Å². The Morgan fingerprint density at radius 3 is 2.88 bits per heavy atom. The van der Waals surface area contributed by atoms with Crippen LogP contribution in [0.5, 0.6) is 0 Å². The molecule has 3 aliphatic rings. The van der Waals surface area contributed by atoms with Crippen LogP contribution in [0, 0.1) is 16.7 Å². The van der Waals surface area contributed by atoms with Crippen molar-refractivity contribution in [1.29, 1.82) is 0 Å². The lowest BCUT2D eigenvalue weighted by molar-refractivity contribution is -0.0887. The molecule has 1 aliphatic heterocycles. The average molecular weight is 230 g/mol. The zero-order chi connectivity index (χ0) is 12.0. The number of allylic oxidation sites excluding steroid dienone is 1. The van der Waals surface area contributed by atoms with Crippen LogP contribution in [0.4, 0.5) is 0 Å². The topological polar surface area (TPSA) is 22.4 Å². The summed E-state index contributed by atoms with van der Waals surface area (Å²) in [6.07, 6.45) is 3.36. The van der Waals surface area contributed by atoms with Crippen molar-refractivity contribution < 1.29 is 9.15 Å². The van der Waals surface area contributed by atoms with E-state index >= 15 is 0 Å². The second-order valence-corrected chi connectivity index (χ2v) is 6.34. The highest BCUT2D eigenvalue weighted by atomic mass is 16.5. The Labute approximate surface area is 102 Å². The van der Waals surface area contributed by atoms with Gasteiger partial charge in [0.15, 0.2) is 0 Å². The summed E-state index contributed by atoms with van der Waals surface area (Å²) in [7, 11) is 0. The van der Waals surface area contributed by atoms with Crippen LogP contribution in [-0.2, 0) is 4.74 Å². The Morgan fingerprint density at radius 1 is 1.41 bits per heavy atom. The van der Waals surface area contributed by atoms with E-state index in [2.05, 4.69) is 27.4 Å². The minimum absolute atomic E-state index is 0.122. The van der Waals surface area contributed by atoms with Crippen LogP contribution in [0.3, 0.4) is 0 Å². The van der Waals surface area contributed by atoms with E-state index < -0.39 is 0 Å². The highest BCUT2D eigenvalue weighted by molar-refractivity contribution is 5.74. The maximum Gasteiger partial charge on any atom is 0.140 e. The average Bonchev–Trinajstić information content (AvgIpc) is 2.90. The maximum absolute atomic E-state index is 6.21. The lowest BCUT2D eigenvalue weighted by Crippen LogP contribution is -2.45. The molecule has 1 saturated carbocycles. The Balaban J connectivity index is 2.05. The highest BCUT2D eigenvalue weighted by Crippen LogP contribution is 2.75. The van der Waals surface area contributed by atoms with Crippen LogP contribution < -0.4 is 0 Å². The van der Waals surface area contributed by atoms with E-state index in [1.165, 1.54) is 11.1 Å².